The van der Waals surface area contributed by atoms with Gasteiger partial charge in [-0.25, -0.2) is 9.67 Å². The Kier molecular flexibility index (Phi) is 3.19. The Morgan fingerprint density at radius 3 is 2.61 bits per heavy atom. The first-order chi connectivity index (χ1) is 11.2. The van der Waals surface area contributed by atoms with Crippen LogP contribution in [-0.2, 0) is 0 Å². The van der Waals surface area contributed by atoms with Crippen LogP contribution in [0.2, 0.25) is 0 Å². The van der Waals surface area contributed by atoms with Gasteiger partial charge < -0.3 is 4.74 Å². The lowest BCUT2D eigenvalue weighted by Gasteiger charge is -2.32. The lowest BCUT2D eigenvalue weighted by Crippen LogP contribution is -2.34. The second kappa shape index (κ2) is 5.35. The summed E-state index contributed by atoms with van der Waals surface area (Å²) in [4.78, 5) is 17.0. The Bertz CT molecular complexity index is 841. The standard InChI is InChI=1S/C18H15N3O2/c1-12-6-8-13(9-7-12)18-16(21-11-19-10-20-21)17(22)14-4-2-3-5-15(14)23-18/h2-11,16,18H,1H3. The number of fused-ring (bicyclic) bond motifs is 1. The maximum Gasteiger partial charge on any atom is 0.195 e. The average molecular weight is 305 g/mol. The zero-order valence-corrected chi connectivity index (χ0v) is 12.6. The normalized spacial score (nSPS) is 20.0. The number of aromatic nitrogens is 3. The molecule has 2 atom stereocenters. The van der Waals surface area contributed by atoms with E-state index in [-0.39, 0.29) is 5.78 Å². The molecule has 0 amide bonds. The predicted octanol–water partition coefficient (Wildman–Crippen LogP) is 3.14. The molecule has 0 spiro atoms. The lowest BCUT2D eigenvalue weighted by atomic mass is 9.91. The van der Waals surface area contributed by atoms with E-state index >= 15 is 0 Å². The van der Waals surface area contributed by atoms with Gasteiger partial charge in [-0.2, -0.15) is 5.10 Å². The highest BCUT2D eigenvalue weighted by atomic mass is 16.5. The maximum absolute atomic E-state index is 13.0. The quantitative estimate of drug-likeness (QED) is 0.730. The van der Waals surface area contributed by atoms with Crippen molar-refractivity contribution >= 4 is 5.78 Å². The number of aryl methyl sites for hydroxylation is 1. The number of nitrogens with zero attached hydrogens (tertiary/aromatic N) is 3. The first-order valence-corrected chi connectivity index (χ1v) is 7.44. The number of carbonyl (C=O) groups is 1. The van der Waals surface area contributed by atoms with E-state index in [1.54, 1.807) is 17.1 Å². The summed E-state index contributed by atoms with van der Waals surface area (Å²) in [5.74, 6) is 0.599. The number of hydrogen-bond donors (Lipinski definition) is 0. The van der Waals surface area contributed by atoms with Crippen LogP contribution in [0.1, 0.15) is 33.6 Å². The molecule has 23 heavy (non-hydrogen) atoms. The monoisotopic (exact) mass is 305 g/mol. The second-order valence-corrected chi connectivity index (χ2v) is 5.63. The van der Waals surface area contributed by atoms with Gasteiger partial charge in [0.25, 0.3) is 0 Å². The van der Waals surface area contributed by atoms with Crippen LogP contribution >= 0.6 is 0 Å². The van der Waals surface area contributed by atoms with E-state index in [9.17, 15) is 4.79 Å². The molecule has 3 aromatic rings. The Hall–Kier alpha value is -2.95. The third-order valence-electron chi connectivity index (χ3n) is 4.09. The third-order valence-corrected chi connectivity index (χ3v) is 4.09. The second-order valence-electron chi connectivity index (χ2n) is 5.63. The molecule has 1 aromatic heterocycles. The highest BCUT2D eigenvalue weighted by Crippen LogP contribution is 2.40. The smallest absolute Gasteiger partial charge is 0.195 e. The van der Waals surface area contributed by atoms with E-state index in [2.05, 4.69) is 10.1 Å². The number of Topliss-reactive ketones (excluding diaryl/α,β-unsaturated/α-hetero) is 1. The van der Waals surface area contributed by atoms with Gasteiger partial charge in [0.15, 0.2) is 17.9 Å². The van der Waals surface area contributed by atoms with E-state index in [0.29, 0.717) is 11.3 Å². The highest BCUT2D eigenvalue weighted by molar-refractivity contribution is 6.02. The van der Waals surface area contributed by atoms with Crippen molar-refractivity contribution in [2.75, 3.05) is 0 Å². The van der Waals surface area contributed by atoms with Gasteiger partial charge in [-0.3, -0.25) is 4.79 Å². The minimum atomic E-state index is -0.560. The van der Waals surface area contributed by atoms with Crippen LogP contribution in [0, 0.1) is 6.92 Å². The zero-order chi connectivity index (χ0) is 15.8. The molecule has 0 N–H and O–H groups in total. The lowest BCUT2D eigenvalue weighted by molar-refractivity contribution is 0.0653. The molecule has 0 fully saturated rings. The molecule has 1 aliphatic rings. The minimum absolute atomic E-state index is 0.0112. The SMILES string of the molecule is Cc1ccc(C2Oc3ccccc3C(=O)C2n2cncn2)cc1. The van der Waals surface area contributed by atoms with Gasteiger partial charge in [-0.05, 0) is 24.6 Å². The molecule has 0 saturated heterocycles. The summed E-state index contributed by atoms with van der Waals surface area (Å²) in [6.45, 7) is 2.03. The summed E-state index contributed by atoms with van der Waals surface area (Å²) < 4.78 is 7.73. The average Bonchev–Trinajstić information content (AvgIpc) is 3.09. The number of ketones is 1. The number of rotatable bonds is 2. The van der Waals surface area contributed by atoms with Crippen LogP contribution in [0.3, 0.4) is 0 Å². The van der Waals surface area contributed by atoms with E-state index in [1.165, 1.54) is 6.33 Å². The van der Waals surface area contributed by atoms with E-state index in [0.717, 1.165) is 11.1 Å². The fourth-order valence-electron chi connectivity index (χ4n) is 2.90. The Balaban J connectivity index is 1.85. The largest absolute Gasteiger partial charge is 0.482 e. The first kappa shape index (κ1) is 13.7. The van der Waals surface area contributed by atoms with Crippen molar-refractivity contribution < 1.29 is 9.53 Å². The van der Waals surface area contributed by atoms with Gasteiger partial charge in [-0.1, -0.05) is 42.0 Å². The van der Waals surface area contributed by atoms with Crippen molar-refractivity contribution in [3.05, 3.63) is 77.9 Å². The van der Waals surface area contributed by atoms with Gasteiger partial charge in [-0.15, -0.1) is 0 Å². The Morgan fingerprint density at radius 1 is 1.09 bits per heavy atom. The van der Waals surface area contributed by atoms with E-state index < -0.39 is 12.1 Å². The number of carbonyl (C=O) groups excluding carboxylic acids is 1. The summed E-state index contributed by atoms with van der Waals surface area (Å²) in [5.41, 5.74) is 2.68. The van der Waals surface area contributed by atoms with Gasteiger partial charge >= 0.3 is 0 Å². The molecular weight excluding hydrogens is 290 g/mol. The molecule has 2 aromatic carbocycles. The molecule has 2 unspecified atom stereocenters. The Morgan fingerprint density at radius 2 is 1.87 bits per heavy atom. The molecule has 5 nitrogen and oxygen atoms in total. The van der Waals surface area contributed by atoms with Crippen molar-refractivity contribution in [3.63, 3.8) is 0 Å². The molecule has 5 heteroatoms. The van der Waals surface area contributed by atoms with Crippen LogP contribution in [0.4, 0.5) is 0 Å². The molecule has 2 heterocycles. The van der Waals surface area contributed by atoms with Crippen molar-refractivity contribution in [2.45, 2.75) is 19.1 Å². The number of hydrogen-bond acceptors (Lipinski definition) is 4. The predicted molar refractivity (Wildman–Crippen MR) is 84.4 cm³/mol. The highest BCUT2D eigenvalue weighted by Gasteiger charge is 2.39. The molecular formula is C18H15N3O2. The van der Waals surface area contributed by atoms with Gasteiger partial charge in [0.05, 0.1) is 5.56 Å². The van der Waals surface area contributed by atoms with Crippen LogP contribution in [0.15, 0.2) is 61.2 Å². The molecule has 4 rings (SSSR count). The molecule has 0 saturated carbocycles. The number of benzene rings is 2. The third kappa shape index (κ3) is 2.30. The summed E-state index contributed by atoms with van der Waals surface area (Å²) in [5, 5.41) is 4.16. The van der Waals surface area contributed by atoms with Crippen LogP contribution < -0.4 is 4.74 Å². The van der Waals surface area contributed by atoms with Crippen molar-refractivity contribution in [3.8, 4) is 5.75 Å². The molecule has 0 radical (unpaired) electrons. The van der Waals surface area contributed by atoms with Crippen molar-refractivity contribution in [2.24, 2.45) is 0 Å². The molecule has 0 bridgehead atoms. The Labute approximate surface area is 133 Å². The fourth-order valence-corrected chi connectivity index (χ4v) is 2.90. The van der Waals surface area contributed by atoms with Crippen LogP contribution in [0.5, 0.6) is 5.75 Å². The first-order valence-electron chi connectivity index (χ1n) is 7.44. The van der Waals surface area contributed by atoms with Crippen LogP contribution in [0.25, 0.3) is 0 Å². The number of para-hydroxylation sites is 1. The summed E-state index contributed by atoms with van der Waals surface area (Å²) in [6, 6.07) is 14.8. The van der Waals surface area contributed by atoms with E-state index in [4.69, 9.17) is 4.74 Å². The zero-order valence-electron chi connectivity index (χ0n) is 12.6. The van der Waals surface area contributed by atoms with Crippen molar-refractivity contribution in [1.29, 1.82) is 0 Å². The van der Waals surface area contributed by atoms with Crippen LogP contribution in [-0.4, -0.2) is 20.5 Å². The summed E-state index contributed by atoms with van der Waals surface area (Å²) in [6.07, 6.45) is 2.56. The van der Waals surface area contributed by atoms with E-state index in [1.807, 2.05) is 49.4 Å². The van der Waals surface area contributed by atoms with Gasteiger partial charge in [0.2, 0.25) is 0 Å². The molecule has 1 aliphatic heterocycles. The topological polar surface area (TPSA) is 57.0 Å². The fraction of sp³-hybridized carbons (Fsp3) is 0.167. The van der Waals surface area contributed by atoms with Gasteiger partial charge in [0, 0.05) is 0 Å². The summed E-state index contributed by atoms with van der Waals surface area (Å²) >= 11 is 0. The molecule has 114 valence electrons. The van der Waals surface area contributed by atoms with Gasteiger partial charge in [0.1, 0.15) is 18.4 Å². The summed E-state index contributed by atoms with van der Waals surface area (Å²) in [7, 11) is 0. The minimum Gasteiger partial charge on any atom is -0.482 e. The number of ether oxygens (including phenoxy) is 1. The molecule has 0 aliphatic carbocycles. The maximum atomic E-state index is 13.0. The van der Waals surface area contributed by atoms with Crippen molar-refractivity contribution in [1.82, 2.24) is 14.8 Å².